The molecule has 1 aromatic heterocycles. The van der Waals surface area contributed by atoms with E-state index >= 15 is 0 Å². The normalized spacial score (nSPS) is 9.95. The summed E-state index contributed by atoms with van der Waals surface area (Å²) in [4.78, 5) is 19.9. The fraction of sp³-hybridized carbons (Fsp3) is 0.267. The molecule has 0 saturated heterocycles. The van der Waals surface area contributed by atoms with Crippen molar-refractivity contribution in [3.05, 3.63) is 41.7 Å². The summed E-state index contributed by atoms with van der Waals surface area (Å²) in [5.74, 6) is 1.08. The molecule has 22 heavy (non-hydrogen) atoms. The lowest BCUT2D eigenvalue weighted by Crippen LogP contribution is -2.23. The fourth-order valence-electron chi connectivity index (χ4n) is 1.84. The van der Waals surface area contributed by atoms with Crippen LogP contribution in [0, 0.1) is 0 Å². The molecule has 0 aliphatic heterocycles. The number of hydrogen-bond donors (Lipinski definition) is 1. The van der Waals surface area contributed by atoms with Crippen molar-refractivity contribution in [2.24, 2.45) is 0 Å². The molecule has 7 heteroatoms. The SMILES string of the molecule is COc1ccc(OC)c(CNC(=O)c2cnc(OC)nc2)c1. The van der Waals surface area contributed by atoms with Crippen LogP contribution in [0.2, 0.25) is 0 Å². The molecule has 0 radical (unpaired) electrons. The van der Waals surface area contributed by atoms with Gasteiger partial charge in [0.15, 0.2) is 0 Å². The van der Waals surface area contributed by atoms with Crippen LogP contribution in [0.3, 0.4) is 0 Å². The third-order valence-corrected chi connectivity index (χ3v) is 3.00. The maximum absolute atomic E-state index is 12.1. The number of nitrogens with one attached hydrogen (secondary N) is 1. The molecule has 7 nitrogen and oxygen atoms in total. The third kappa shape index (κ3) is 3.63. The highest BCUT2D eigenvalue weighted by atomic mass is 16.5. The van der Waals surface area contributed by atoms with Gasteiger partial charge in [0, 0.05) is 24.5 Å². The lowest BCUT2D eigenvalue weighted by molar-refractivity contribution is 0.0949. The van der Waals surface area contributed by atoms with E-state index in [-0.39, 0.29) is 11.9 Å². The Labute approximate surface area is 128 Å². The number of amides is 1. The van der Waals surface area contributed by atoms with E-state index < -0.39 is 0 Å². The first-order chi connectivity index (χ1) is 10.7. The Hall–Kier alpha value is -2.83. The van der Waals surface area contributed by atoms with Crippen molar-refractivity contribution in [1.82, 2.24) is 15.3 Å². The minimum absolute atomic E-state index is 0.214. The molecular weight excluding hydrogens is 286 g/mol. The predicted octanol–water partition coefficient (Wildman–Crippen LogP) is 1.43. The molecule has 1 heterocycles. The first-order valence-electron chi connectivity index (χ1n) is 6.53. The monoisotopic (exact) mass is 303 g/mol. The second-order valence-corrected chi connectivity index (χ2v) is 4.32. The molecule has 0 saturated carbocycles. The summed E-state index contributed by atoms with van der Waals surface area (Å²) < 4.78 is 15.3. The highest BCUT2D eigenvalue weighted by Crippen LogP contribution is 2.23. The molecule has 0 aliphatic rings. The number of rotatable bonds is 6. The van der Waals surface area contributed by atoms with E-state index in [2.05, 4.69) is 15.3 Å². The minimum atomic E-state index is -0.285. The average Bonchev–Trinajstić information content (AvgIpc) is 2.59. The summed E-state index contributed by atoms with van der Waals surface area (Å²) >= 11 is 0. The van der Waals surface area contributed by atoms with Crippen molar-refractivity contribution in [3.8, 4) is 17.5 Å². The summed E-state index contributed by atoms with van der Waals surface area (Å²) in [6.07, 6.45) is 2.81. The molecule has 2 aromatic rings. The summed E-state index contributed by atoms with van der Waals surface area (Å²) in [6.45, 7) is 0.297. The Morgan fingerprint density at radius 3 is 2.41 bits per heavy atom. The number of nitrogens with zero attached hydrogens (tertiary/aromatic N) is 2. The second-order valence-electron chi connectivity index (χ2n) is 4.32. The molecule has 0 unspecified atom stereocenters. The molecule has 0 fully saturated rings. The van der Waals surface area contributed by atoms with Crippen LogP contribution in [0.4, 0.5) is 0 Å². The van der Waals surface area contributed by atoms with Gasteiger partial charge in [-0.25, -0.2) is 9.97 Å². The molecule has 1 N–H and O–H groups in total. The summed E-state index contributed by atoms with van der Waals surface area (Å²) in [7, 11) is 4.62. The van der Waals surface area contributed by atoms with Gasteiger partial charge in [-0.2, -0.15) is 0 Å². The predicted molar refractivity (Wildman–Crippen MR) is 79.3 cm³/mol. The van der Waals surface area contributed by atoms with Gasteiger partial charge in [0.2, 0.25) is 0 Å². The lowest BCUT2D eigenvalue weighted by atomic mass is 10.2. The molecule has 0 bridgehead atoms. The maximum Gasteiger partial charge on any atom is 0.316 e. The van der Waals surface area contributed by atoms with Crippen LogP contribution >= 0.6 is 0 Å². The Bertz CT molecular complexity index is 644. The van der Waals surface area contributed by atoms with Crippen molar-refractivity contribution in [1.29, 1.82) is 0 Å². The Kier molecular flexibility index (Phi) is 5.13. The minimum Gasteiger partial charge on any atom is -0.497 e. The van der Waals surface area contributed by atoms with Gasteiger partial charge < -0.3 is 19.5 Å². The van der Waals surface area contributed by atoms with Crippen LogP contribution in [0.15, 0.2) is 30.6 Å². The van der Waals surface area contributed by atoms with Crippen LogP contribution in [0.25, 0.3) is 0 Å². The molecule has 0 aliphatic carbocycles. The zero-order valence-electron chi connectivity index (χ0n) is 12.6. The number of ether oxygens (including phenoxy) is 3. The van der Waals surface area contributed by atoms with Gasteiger partial charge in [-0.15, -0.1) is 0 Å². The van der Waals surface area contributed by atoms with Crippen molar-refractivity contribution in [2.45, 2.75) is 6.54 Å². The second kappa shape index (κ2) is 7.26. The van der Waals surface area contributed by atoms with Crippen LogP contribution in [0.5, 0.6) is 17.5 Å². The zero-order valence-corrected chi connectivity index (χ0v) is 12.6. The van der Waals surface area contributed by atoms with Crippen LogP contribution < -0.4 is 19.5 Å². The highest BCUT2D eigenvalue weighted by molar-refractivity contribution is 5.93. The van der Waals surface area contributed by atoms with Gasteiger partial charge in [0.1, 0.15) is 11.5 Å². The van der Waals surface area contributed by atoms with E-state index in [1.54, 1.807) is 26.4 Å². The number of methoxy groups -OCH3 is 3. The van der Waals surface area contributed by atoms with Gasteiger partial charge >= 0.3 is 6.01 Å². The quantitative estimate of drug-likeness (QED) is 0.869. The number of carbonyl (C=O) groups excluding carboxylic acids is 1. The van der Waals surface area contributed by atoms with Gasteiger partial charge in [0.05, 0.1) is 26.9 Å². The maximum atomic E-state index is 12.1. The zero-order chi connectivity index (χ0) is 15.9. The van der Waals surface area contributed by atoms with E-state index in [9.17, 15) is 4.79 Å². The Balaban J connectivity index is 2.06. The number of carbonyl (C=O) groups is 1. The van der Waals surface area contributed by atoms with E-state index in [0.717, 1.165) is 5.56 Å². The smallest absolute Gasteiger partial charge is 0.316 e. The van der Waals surface area contributed by atoms with Crippen LogP contribution in [0.1, 0.15) is 15.9 Å². The van der Waals surface area contributed by atoms with E-state index in [1.165, 1.54) is 19.5 Å². The van der Waals surface area contributed by atoms with E-state index in [1.807, 2.05) is 6.07 Å². The van der Waals surface area contributed by atoms with Gasteiger partial charge in [0.25, 0.3) is 5.91 Å². The largest absolute Gasteiger partial charge is 0.497 e. The summed E-state index contributed by atoms with van der Waals surface area (Å²) in [5, 5.41) is 2.78. The van der Waals surface area contributed by atoms with Crippen molar-refractivity contribution in [2.75, 3.05) is 21.3 Å². The number of benzene rings is 1. The van der Waals surface area contributed by atoms with Crippen molar-refractivity contribution >= 4 is 5.91 Å². The molecule has 2 rings (SSSR count). The van der Waals surface area contributed by atoms with Gasteiger partial charge in [-0.1, -0.05) is 0 Å². The Morgan fingerprint density at radius 1 is 1.09 bits per heavy atom. The molecule has 0 atom stereocenters. The van der Waals surface area contributed by atoms with Crippen LogP contribution in [-0.4, -0.2) is 37.2 Å². The number of aromatic nitrogens is 2. The Morgan fingerprint density at radius 2 is 1.82 bits per heavy atom. The lowest BCUT2D eigenvalue weighted by Gasteiger charge is -2.11. The molecule has 116 valence electrons. The number of hydrogen-bond acceptors (Lipinski definition) is 6. The first-order valence-corrected chi connectivity index (χ1v) is 6.53. The van der Waals surface area contributed by atoms with Gasteiger partial charge in [-0.05, 0) is 18.2 Å². The van der Waals surface area contributed by atoms with Gasteiger partial charge in [-0.3, -0.25) is 4.79 Å². The highest BCUT2D eigenvalue weighted by Gasteiger charge is 2.10. The molecule has 1 amide bonds. The standard InChI is InChI=1S/C15H17N3O4/c1-20-12-4-5-13(21-2)10(6-12)7-16-14(19)11-8-17-15(22-3)18-9-11/h4-6,8-9H,7H2,1-3H3,(H,16,19). The molecule has 0 spiro atoms. The fourth-order valence-corrected chi connectivity index (χ4v) is 1.84. The third-order valence-electron chi connectivity index (χ3n) is 3.00. The van der Waals surface area contributed by atoms with E-state index in [0.29, 0.717) is 23.6 Å². The topological polar surface area (TPSA) is 82.6 Å². The summed E-state index contributed by atoms with van der Waals surface area (Å²) in [6, 6.07) is 5.60. The van der Waals surface area contributed by atoms with Crippen LogP contribution in [-0.2, 0) is 6.54 Å². The molecular formula is C15H17N3O4. The van der Waals surface area contributed by atoms with E-state index in [4.69, 9.17) is 14.2 Å². The summed E-state index contributed by atoms with van der Waals surface area (Å²) in [5.41, 5.74) is 1.16. The van der Waals surface area contributed by atoms with Crippen molar-refractivity contribution < 1.29 is 19.0 Å². The van der Waals surface area contributed by atoms with Crippen molar-refractivity contribution in [3.63, 3.8) is 0 Å². The molecule has 1 aromatic carbocycles. The first kappa shape index (κ1) is 15.6. The average molecular weight is 303 g/mol.